The van der Waals surface area contributed by atoms with Crippen LogP contribution in [0.5, 0.6) is 0 Å². The van der Waals surface area contributed by atoms with Crippen molar-refractivity contribution < 1.29 is 18.0 Å². The number of hydrogen-bond donors (Lipinski definition) is 2. The van der Waals surface area contributed by atoms with Gasteiger partial charge < -0.3 is 5.32 Å². The van der Waals surface area contributed by atoms with Gasteiger partial charge in [-0.05, 0) is 31.0 Å². The van der Waals surface area contributed by atoms with Gasteiger partial charge in [-0.2, -0.15) is 0 Å². The molecule has 0 atom stereocenters. The minimum atomic E-state index is -3.85. The van der Waals surface area contributed by atoms with Crippen LogP contribution in [0, 0.1) is 0 Å². The highest BCUT2D eigenvalue weighted by atomic mass is 32.2. The molecule has 0 radical (unpaired) electrons. The number of carbonyl (C=O) groups excluding carboxylic acids is 2. The predicted molar refractivity (Wildman–Crippen MR) is 94.8 cm³/mol. The molecule has 7 heteroatoms. The summed E-state index contributed by atoms with van der Waals surface area (Å²) in [6, 6.07) is 15.4. The number of Topliss-reactive ketones (excluding diaryl/α,β-unsaturated/α-hetero) is 1. The molecular weight excluding hydrogens is 340 g/mol. The van der Waals surface area contributed by atoms with Crippen molar-refractivity contribution in [3.05, 3.63) is 65.7 Å². The average molecular weight is 360 g/mol. The minimum absolute atomic E-state index is 0.0442. The Morgan fingerprint density at radius 2 is 1.72 bits per heavy atom. The zero-order valence-corrected chi connectivity index (χ0v) is 14.7. The summed E-state index contributed by atoms with van der Waals surface area (Å²) in [5.41, 5.74) is 1.39. The molecule has 2 aromatic carbocycles. The van der Waals surface area contributed by atoms with E-state index in [0.29, 0.717) is 18.5 Å². The summed E-state index contributed by atoms with van der Waals surface area (Å²) in [5, 5.41) is 2.66. The lowest BCUT2D eigenvalue weighted by Crippen LogP contribution is -2.37. The molecule has 0 saturated heterocycles. The second kappa shape index (κ2) is 8.55. The van der Waals surface area contributed by atoms with Gasteiger partial charge in [-0.25, -0.2) is 13.1 Å². The monoisotopic (exact) mass is 360 g/mol. The molecule has 0 spiro atoms. The smallest absolute Gasteiger partial charge is 0.241 e. The number of nitrogens with one attached hydrogen (secondary N) is 2. The van der Waals surface area contributed by atoms with E-state index < -0.39 is 15.9 Å². The van der Waals surface area contributed by atoms with Gasteiger partial charge in [0.25, 0.3) is 0 Å². The Morgan fingerprint density at radius 1 is 1.00 bits per heavy atom. The highest BCUT2D eigenvalue weighted by Gasteiger charge is 2.16. The lowest BCUT2D eigenvalue weighted by atomic mass is 10.1. The van der Waals surface area contributed by atoms with Crippen LogP contribution >= 0.6 is 0 Å². The molecule has 0 aliphatic rings. The van der Waals surface area contributed by atoms with E-state index in [4.69, 9.17) is 0 Å². The molecule has 2 N–H and O–H groups in total. The average Bonchev–Trinajstić information content (AvgIpc) is 2.61. The van der Waals surface area contributed by atoms with Gasteiger partial charge in [0.15, 0.2) is 5.78 Å². The van der Waals surface area contributed by atoms with Gasteiger partial charge >= 0.3 is 0 Å². The molecule has 2 rings (SSSR count). The van der Waals surface area contributed by atoms with Crippen molar-refractivity contribution >= 4 is 21.7 Å². The van der Waals surface area contributed by atoms with Crippen LogP contribution in [0.2, 0.25) is 0 Å². The van der Waals surface area contributed by atoms with E-state index in [1.807, 2.05) is 30.3 Å². The first-order chi connectivity index (χ1) is 11.9. The van der Waals surface area contributed by atoms with Gasteiger partial charge in [0, 0.05) is 12.1 Å². The molecule has 0 bridgehead atoms. The van der Waals surface area contributed by atoms with E-state index in [1.54, 1.807) is 0 Å². The highest BCUT2D eigenvalue weighted by Crippen LogP contribution is 2.11. The Balaban J connectivity index is 1.85. The molecule has 25 heavy (non-hydrogen) atoms. The first-order valence-electron chi connectivity index (χ1n) is 7.80. The molecule has 0 aromatic heterocycles. The number of benzene rings is 2. The van der Waals surface area contributed by atoms with Crippen molar-refractivity contribution in [1.82, 2.24) is 10.0 Å². The fraction of sp³-hybridized carbons (Fsp3) is 0.222. The maximum absolute atomic E-state index is 12.2. The fourth-order valence-electron chi connectivity index (χ4n) is 2.18. The lowest BCUT2D eigenvalue weighted by molar-refractivity contribution is -0.119. The van der Waals surface area contributed by atoms with E-state index in [1.165, 1.54) is 31.2 Å². The van der Waals surface area contributed by atoms with Crippen LogP contribution in [0.25, 0.3) is 0 Å². The maximum atomic E-state index is 12.2. The number of hydrogen-bond acceptors (Lipinski definition) is 4. The van der Waals surface area contributed by atoms with Gasteiger partial charge in [0.05, 0.1) is 11.4 Å². The zero-order chi connectivity index (χ0) is 18.3. The van der Waals surface area contributed by atoms with Crippen molar-refractivity contribution in [2.45, 2.75) is 18.2 Å². The third-order valence-electron chi connectivity index (χ3n) is 3.55. The van der Waals surface area contributed by atoms with E-state index >= 15 is 0 Å². The van der Waals surface area contributed by atoms with E-state index in [0.717, 1.165) is 5.56 Å². The summed E-state index contributed by atoms with van der Waals surface area (Å²) in [7, 11) is -3.85. The van der Waals surface area contributed by atoms with Crippen molar-refractivity contribution in [2.75, 3.05) is 13.1 Å². The summed E-state index contributed by atoms with van der Waals surface area (Å²) >= 11 is 0. The first-order valence-corrected chi connectivity index (χ1v) is 9.28. The number of rotatable bonds is 8. The zero-order valence-electron chi connectivity index (χ0n) is 13.9. The summed E-state index contributed by atoms with van der Waals surface area (Å²) in [4.78, 5) is 23.1. The largest absolute Gasteiger partial charge is 0.355 e. The molecule has 0 unspecified atom stereocenters. The quantitative estimate of drug-likeness (QED) is 0.698. The van der Waals surface area contributed by atoms with Crippen molar-refractivity contribution in [2.24, 2.45) is 0 Å². The number of sulfonamides is 1. The summed E-state index contributed by atoms with van der Waals surface area (Å²) in [5.74, 6) is -0.641. The van der Waals surface area contributed by atoms with E-state index in [9.17, 15) is 18.0 Å². The fourth-order valence-corrected chi connectivity index (χ4v) is 3.21. The molecule has 1 amide bonds. The molecule has 0 aliphatic carbocycles. The molecule has 0 heterocycles. The second-order valence-corrected chi connectivity index (χ2v) is 7.26. The molecule has 132 valence electrons. The Morgan fingerprint density at radius 3 is 2.40 bits per heavy atom. The van der Waals surface area contributed by atoms with Gasteiger partial charge in [-0.1, -0.05) is 42.5 Å². The molecule has 2 aromatic rings. The van der Waals surface area contributed by atoms with Crippen molar-refractivity contribution in [3.8, 4) is 0 Å². The van der Waals surface area contributed by atoms with Crippen molar-refractivity contribution in [1.29, 1.82) is 0 Å². The van der Waals surface area contributed by atoms with Gasteiger partial charge in [0.2, 0.25) is 15.9 Å². The van der Waals surface area contributed by atoms with Crippen LogP contribution < -0.4 is 10.0 Å². The number of carbonyl (C=O) groups is 2. The minimum Gasteiger partial charge on any atom is -0.355 e. The SMILES string of the molecule is CC(=O)c1cccc(S(=O)(=O)NCC(=O)NCCc2ccccc2)c1. The van der Waals surface area contributed by atoms with Crippen LogP contribution in [0.4, 0.5) is 0 Å². The van der Waals surface area contributed by atoms with Gasteiger partial charge in [-0.3, -0.25) is 9.59 Å². The Labute approximate surface area is 147 Å². The third kappa shape index (κ3) is 5.81. The Hall–Kier alpha value is -2.51. The predicted octanol–water partition coefficient (Wildman–Crippen LogP) is 1.53. The van der Waals surface area contributed by atoms with Crippen LogP contribution in [0.3, 0.4) is 0 Å². The summed E-state index contributed by atoms with van der Waals surface area (Å²) in [6.07, 6.45) is 0.667. The van der Waals surface area contributed by atoms with Crippen LogP contribution in [-0.2, 0) is 21.2 Å². The molecule has 0 aliphatic heterocycles. The number of ketones is 1. The molecule has 0 saturated carbocycles. The maximum Gasteiger partial charge on any atom is 0.241 e. The normalized spacial score (nSPS) is 11.1. The lowest BCUT2D eigenvalue weighted by Gasteiger charge is -2.08. The van der Waals surface area contributed by atoms with Gasteiger partial charge in [0.1, 0.15) is 0 Å². The van der Waals surface area contributed by atoms with Gasteiger partial charge in [-0.15, -0.1) is 0 Å². The standard InChI is InChI=1S/C18H20N2O4S/c1-14(21)16-8-5-9-17(12-16)25(23,24)20-13-18(22)19-11-10-15-6-3-2-4-7-15/h2-9,12,20H,10-11,13H2,1H3,(H,19,22). The highest BCUT2D eigenvalue weighted by molar-refractivity contribution is 7.89. The Bertz CT molecular complexity index is 848. The van der Waals surface area contributed by atoms with Crippen LogP contribution in [0.1, 0.15) is 22.8 Å². The summed E-state index contributed by atoms with van der Waals surface area (Å²) < 4.78 is 26.6. The Kier molecular flexibility index (Phi) is 6.44. The first kappa shape index (κ1) is 18.8. The van der Waals surface area contributed by atoms with Crippen molar-refractivity contribution in [3.63, 3.8) is 0 Å². The third-order valence-corrected chi connectivity index (χ3v) is 4.95. The second-order valence-electron chi connectivity index (χ2n) is 5.49. The molecular formula is C18H20N2O4S. The van der Waals surface area contributed by atoms with Crippen LogP contribution in [0.15, 0.2) is 59.5 Å². The van der Waals surface area contributed by atoms with E-state index in [2.05, 4.69) is 10.0 Å². The molecule has 6 nitrogen and oxygen atoms in total. The molecule has 0 fully saturated rings. The number of amides is 1. The van der Waals surface area contributed by atoms with Crippen LogP contribution in [-0.4, -0.2) is 33.2 Å². The van der Waals surface area contributed by atoms with E-state index in [-0.39, 0.29) is 17.2 Å². The topological polar surface area (TPSA) is 92.3 Å². The summed E-state index contributed by atoms with van der Waals surface area (Å²) in [6.45, 7) is 1.42.